The Kier molecular flexibility index (Phi) is 3.85. The molecular formula is C10H20ClN. The quantitative estimate of drug-likeness (QED) is 0.604. The summed E-state index contributed by atoms with van der Waals surface area (Å²) in [6.07, 6.45) is 1.31. The van der Waals surface area contributed by atoms with Crippen LogP contribution in [0.25, 0.3) is 0 Å². The zero-order chi connectivity index (χ0) is 9.14. The van der Waals surface area contributed by atoms with E-state index in [4.69, 9.17) is 11.6 Å². The minimum absolute atomic E-state index is 0.679. The van der Waals surface area contributed by atoms with Crippen molar-refractivity contribution in [3.8, 4) is 0 Å². The van der Waals surface area contributed by atoms with Crippen LogP contribution in [0.5, 0.6) is 0 Å². The number of hydrogen-bond acceptors (Lipinski definition) is 1. The summed E-state index contributed by atoms with van der Waals surface area (Å²) in [5, 5.41) is 0. The zero-order valence-corrected chi connectivity index (χ0v) is 9.14. The molecule has 0 spiro atoms. The van der Waals surface area contributed by atoms with E-state index in [2.05, 4.69) is 25.7 Å². The molecule has 1 nitrogen and oxygen atoms in total. The Labute approximate surface area is 81.1 Å². The molecule has 0 saturated carbocycles. The Balaban J connectivity index is 2.45. The second-order valence-corrected chi connectivity index (χ2v) is 4.72. The lowest BCUT2D eigenvalue weighted by molar-refractivity contribution is 0.112. The summed E-state index contributed by atoms with van der Waals surface area (Å²) in [5.74, 6) is 2.37. The first kappa shape index (κ1) is 10.3. The molecule has 1 aliphatic rings. The molecule has 1 aliphatic heterocycles. The van der Waals surface area contributed by atoms with E-state index in [1.165, 1.54) is 19.5 Å². The number of likely N-dealkylation sites (tertiary alicyclic amines) is 1. The topological polar surface area (TPSA) is 3.24 Å². The monoisotopic (exact) mass is 189 g/mol. The fourth-order valence-corrected chi connectivity index (χ4v) is 2.28. The van der Waals surface area contributed by atoms with Crippen molar-refractivity contribution in [1.82, 2.24) is 4.90 Å². The van der Waals surface area contributed by atoms with Gasteiger partial charge in [-0.05, 0) is 32.1 Å². The molecule has 0 aromatic carbocycles. The highest BCUT2D eigenvalue weighted by Crippen LogP contribution is 2.23. The van der Waals surface area contributed by atoms with E-state index >= 15 is 0 Å². The molecule has 0 aromatic heterocycles. The molecule has 12 heavy (non-hydrogen) atoms. The maximum absolute atomic E-state index is 5.89. The van der Waals surface area contributed by atoms with Gasteiger partial charge in [0.15, 0.2) is 0 Å². The standard InChI is InChI=1S/C10H20ClN/c1-8(2)12-6-9(3)4-10(5-11)7-12/h8-10H,4-7H2,1-3H3. The van der Waals surface area contributed by atoms with Crippen molar-refractivity contribution >= 4 is 11.6 Å². The van der Waals surface area contributed by atoms with Crippen LogP contribution in [0, 0.1) is 11.8 Å². The lowest BCUT2D eigenvalue weighted by Crippen LogP contribution is -2.43. The van der Waals surface area contributed by atoms with E-state index < -0.39 is 0 Å². The predicted octanol–water partition coefficient (Wildman–Crippen LogP) is 2.59. The normalized spacial score (nSPS) is 32.8. The molecule has 2 atom stereocenters. The third kappa shape index (κ3) is 2.63. The third-order valence-corrected chi connectivity index (χ3v) is 3.16. The first-order valence-corrected chi connectivity index (χ1v) is 5.47. The second-order valence-electron chi connectivity index (χ2n) is 4.41. The van der Waals surface area contributed by atoms with Crippen molar-refractivity contribution in [2.45, 2.75) is 33.2 Å². The lowest BCUT2D eigenvalue weighted by atomic mass is 9.91. The second kappa shape index (κ2) is 4.48. The van der Waals surface area contributed by atoms with Gasteiger partial charge in [-0.25, -0.2) is 0 Å². The molecule has 0 aliphatic carbocycles. The molecule has 1 rings (SSSR count). The summed E-state index contributed by atoms with van der Waals surface area (Å²) in [6, 6.07) is 0.679. The first-order chi connectivity index (χ1) is 5.63. The molecule has 1 heterocycles. The Bertz CT molecular complexity index is 136. The summed E-state index contributed by atoms with van der Waals surface area (Å²) < 4.78 is 0. The van der Waals surface area contributed by atoms with Crippen LogP contribution in [0.2, 0.25) is 0 Å². The number of alkyl halides is 1. The predicted molar refractivity (Wildman–Crippen MR) is 54.7 cm³/mol. The molecule has 1 fully saturated rings. The number of rotatable bonds is 2. The maximum Gasteiger partial charge on any atom is 0.0264 e. The Morgan fingerprint density at radius 2 is 2.08 bits per heavy atom. The van der Waals surface area contributed by atoms with Gasteiger partial charge < -0.3 is 4.90 Å². The molecular weight excluding hydrogens is 170 g/mol. The summed E-state index contributed by atoms with van der Waals surface area (Å²) in [7, 11) is 0. The Morgan fingerprint density at radius 3 is 2.58 bits per heavy atom. The largest absolute Gasteiger partial charge is 0.300 e. The molecule has 0 N–H and O–H groups in total. The van der Waals surface area contributed by atoms with Gasteiger partial charge in [0.05, 0.1) is 0 Å². The van der Waals surface area contributed by atoms with E-state index in [-0.39, 0.29) is 0 Å². The summed E-state index contributed by atoms with van der Waals surface area (Å²) in [5.41, 5.74) is 0. The maximum atomic E-state index is 5.89. The van der Waals surface area contributed by atoms with Gasteiger partial charge in [0, 0.05) is 25.0 Å². The number of nitrogens with zero attached hydrogens (tertiary/aromatic N) is 1. The van der Waals surface area contributed by atoms with E-state index in [0.717, 1.165) is 17.7 Å². The van der Waals surface area contributed by atoms with Gasteiger partial charge in [-0.2, -0.15) is 0 Å². The Morgan fingerprint density at radius 1 is 1.42 bits per heavy atom. The first-order valence-electron chi connectivity index (χ1n) is 4.93. The van der Waals surface area contributed by atoms with Crippen LogP contribution >= 0.6 is 11.6 Å². The number of piperidine rings is 1. The van der Waals surface area contributed by atoms with Crippen molar-refractivity contribution in [3.05, 3.63) is 0 Å². The molecule has 0 radical (unpaired) electrons. The van der Waals surface area contributed by atoms with Gasteiger partial charge in [0.1, 0.15) is 0 Å². The number of hydrogen-bond donors (Lipinski definition) is 0. The average molecular weight is 190 g/mol. The van der Waals surface area contributed by atoms with E-state index in [1.54, 1.807) is 0 Å². The zero-order valence-electron chi connectivity index (χ0n) is 8.39. The summed E-state index contributed by atoms with van der Waals surface area (Å²) >= 11 is 5.89. The van der Waals surface area contributed by atoms with Gasteiger partial charge in [-0.15, -0.1) is 11.6 Å². The number of halogens is 1. The highest BCUT2D eigenvalue weighted by molar-refractivity contribution is 6.18. The SMILES string of the molecule is CC1CC(CCl)CN(C(C)C)C1. The van der Waals surface area contributed by atoms with Gasteiger partial charge in [0.2, 0.25) is 0 Å². The van der Waals surface area contributed by atoms with Gasteiger partial charge >= 0.3 is 0 Å². The van der Waals surface area contributed by atoms with Crippen molar-refractivity contribution in [2.24, 2.45) is 11.8 Å². The smallest absolute Gasteiger partial charge is 0.0264 e. The van der Waals surface area contributed by atoms with Crippen molar-refractivity contribution in [2.75, 3.05) is 19.0 Å². The molecule has 0 amide bonds. The van der Waals surface area contributed by atoms with E-state index in [1.807, 2.05) is 0 Å². The van der Waals surface area contributed by atoms with Crippen LogP contribution in [0.15, 0.2) is 0 Å². The molecule has 1 saturated heterocycles. The van der Waals surface area contributed by atoms with Gasteiger partial charge in [-0.3, -0.25) is 0 Å². The van der Waals surface area contributed by atoms with Crippen LogP contribution in [0.1, 0.15) is 27.2 Å². The van der Waals surface area contributed by atoms with Crippen LogP contribution in [0.3, 0.4) is 0 Å². The van der Waals surface area contributed by atoms with Gasteiger partial charge in [0.25, 0.3) is 0 Å². The van der Waals surface area contributed by atoms with Crippen LogP contribution in [-0.4, -0.2) is 29.9 Å². The van der Waals surface area contributed by atoms with Crippen LogP contribution < -0.4 is 0 Å². The Hall–Kier alpha value is 0.250. The molecule has 2 heteroatoms. The summed E-state index contributed by atoms with van der Waals surface area (Å²) in [6.45, 7) is 9.32. The van der Waals surface area contributed by atoms with Crippen LogP contribution in [0.4, 0.5) is 0 Å². The molecule has 2 unspecified atom stereocenters. The fourth-order valence-electron chi connectivity index (χ4n) is 2.06. The molecule has 0 aromatic rings. The van der Waals surface area contributed by atoms with Crippen molar-refractivity contribution in [3.63, 3.8) is 0 Å². The van der Waals surface area contributed by atoms with Crippen LogP contribution in [-0.2, 0) is 0 Å². The highest BCUT2D eigenvalue weighted by atomic mass is 35.5. The minimum atomic E-state index is 0.679. The molecule has 0 bridgehead atoms. The lowest BCUT2D eigenvalue weighted by Gasteiger charge is -2.38. The van der Waals surface area contributed by atoms with Crippen molar-refractivity contribution in [1.29, 1.82) is 0 Å². The highest BCUT2D eigenvalue weighted by Gasteiger charge is 2.25. The minimum Gasteiger partial charge on any atom is -0.300 e. The molecule has 72 valence electrons. The van der Waals surface area contributed by atoms with Crippen molar-refractivity contribution < 1.29 is 0 Å². The third-order valence-electron chi connectivity index (χ3n) is 2.72. The summed E-state index contributed by atoms with van der Waals surface area (Å²) in [4.78, 5) is 2.54. The van der Waals surface area contributed by atoms with E-state index in [0.29, 0.717) is 6.04 Å². The van der Waals surface area contributed by atoms with Gasteiger partial charge in [-0.1, -0.05) is 6.92 Å². The fraction of sp³-hybridized carbons (Fsp3) is 1.00. The van der Waals surface area contributed by atoms with E-state index in [9.17, 15) is 0 Å². The average Bonchev–Trinajstić information content (AvgIpc) is 2.03.